The number of carbonyl (C=O) groups excluding carboxylic acids is 2. The molecule has 1 saturated heterocycles. The lowest BCUT2D eigenvalue weighted by Crippen LogP contribution is -2.32. The Morgan fingerprint density at radius 3 is 2.70 bits per heavy atom. The number of ketones is 1. The lowest BCUT2D eigenvalue weighted by atomic mass is 9.96. The lowest BCUT2D eigenvalue weighted by Gasteiger charge is -2.25. The van der Waals surface area contributed by atoms with Gasteiger partial charge in [0.2, 0.25) is 0 Å². The number of hydrogen-bond acceptors (Lipinski definition) is 6. The molecule has 0 radical (unpaired) electrons. The quantitative estimate of drug-likeness (QED) is 0.410. The minimum atomic E-state index is -0.687. The molecule has 1 aromatic heterocycles. The van der Waals surface area contributed by atoms with E-state index in [1.54, 1.807) is 42.7 Å². The minimum Gasteiger partial charge on any atom is -0.507 e. The number of aliphatic hydroxyl groups excluding tert-OH is 1. The van der Waals surface area contributed by atoms with Crippen LogP contribution in [0.3, 0.4) is 0 Å². The Kier molecular flexibility index (Phi) is 6.84. The second-order valence-electron chi connectivity index (χ2n) is 7.40. The first-order chi connectivity index (χ1) is 14.4. The molecular formula is C23H27N3O4. The van der Waals surface area contributed by atoms with Gasteiger partial charge in [0.15, 0.2) is 0 Å². The highest BCUT2D eigenvalue weighted by Gasteiger charge is 2.45. The largest absolute Gasteiger partial charge is 0.507 e. The molecule has 1 amide bonds. The molecule has 1 N–H and O–H groups in total. The Hall–Kier alpha value is -3.19. The van der Waals surface area contributed by atoms with E-state index in [1.165, 1.54) is 4.90 Å². The maximum Gasteiger partial charge on any atom is 0.295 e. The van der Waals surface area contributed by atoms with Crippen molar-refractivity contribution >= 4 is 17.4 Å². The zero-order valence-electron chi connectivity index (χ0n) is 17.5. The van der Waals surface area contributed by atoms with E-state index in [9.17, 15) is 14.7 Å². The van der Waals surface area contributed by atoms with E-state index in [0.717, 1.165) is 6.54 Å². The van der Waals surface area contributed by atoms with E-state index in [2.05, 4.69) is 4.98 Å². The van der Waals surface area contributed by atoms with Gasteiger partial charge >= 0.3 is 0 Å². The van der Waals surface area contributed by atoms with Crippen molar-refractivity contribution in [1.29, 1.82) is 0 Å². The molecule has 0 saturated carbocycles. The van der Waals surface area contributed by atoms with Crippen molar-refractivity contribution in [2.24, 2.45) is 0 Å². The summed E-state index contributed by atoms with van der Waals surface area (Å²) in [6.45, 7) is 3.53. The van der Waals surface area contributed by atoms with Crippen molar-refractivity contribution in [1.82, 2.24) is 14.8 Å². The molecule has 7 heteroatoms. The van der Waals surface area contributed by atoms with Crippen LogP contribution < -0.4 is 4.74 Å². The number of benzene rings is 1. The summed E-state index contributed by atoms with van der Waals surface area (Å²) in [6, 6.07) is 9.76. The summed E-state index contributed by atoms with van der Waals surface area (Å²) in [5.41, 5.74) is 1.19. The van der Waals surface area contributed by atoms with Crippen molar-refractivity contribution in [2.45, 2.75) is 19.4 Å². The number of carbonyl (C=O) groups is 2. The van der Waals surface area contributed by atoms with Gasteiger partial charge in [-0.1, -0.05) is 18.2 Å². The maximum absolute atomic E-state index is 13.0. The zero-order chi connectivity index (χ0) is 21.7. The number of hydrogen-bond donors (Lipinski definition) is 1. The van der Waals surface area contributed by atoms with Crippen LogP contribution in [0.25, 0.3) is 5.76 Å². The summed E-state index contributed by atoms with van der Waals surface area (Å²) in [6.07, 6.45) is 3.96. The second-order valence-corrected chi connectivity index (χ2v) is 7.40. The molecule has 1 unspecified atom stereocenters. The third kappa shape index (κ3) is 4.52. The van der Waals surface area contributed by atoms with Gasteiger partial charge in [-0.25, -0.2) is 0 Å². The van der Waals surface area contributed by atoms with Crippen LogP contribution in [0, 0.1) is 0 Å². The number of pyridine rings is 1. The van der Waals surface area contributed by atoms with Crippen molar-refractivity contribution in [3.05, 3.63) is 65.5 Å². The fourth-order valence-corrected chi connectivity index (χ4v) is 3.61. The summed E-state index contributed by atoms with van der Waals surface area (Å²) in [7, 11) is 3.91. The van der Waals surface area contributed by atoms with Gasteiger partial charge in [0.05, 0.1) is 18.2 Å². The third-order valence-corrected chi connectivity index (χ3v) is 4.96. The first-order valence-electron chi connectivity index (χ1n) is 10.00. The van der Waals surface area contributed by atoms with Gasteiger partial charge in [0.25, 0.3) is 11.7 Å². The van der Waals surface area contributed by atoms with Crippen LogP contribution in [-0.2, 0) is 9.59 Å². The Balaban J connectivity index is 2.06. The van der Waals surface area contributed by atoms with Crippen LogP contribution in [0.1, 0.15) is 30.5 Å². The van der Waals surface area contributed by atoms with Gasteiger partial charge < -0.3 is 19.6 Å². The van der Waals surface area contributed by atoms with Gasteiger partial charge in [0.1, 0.15) is 11.5 Å². The molecule has 1 fully saturated rings. The first-order valence-corrected chi connectivity index (χ1v) is 10.00. The number of nitrogens with zero attached hydrogens (tertiary/aromatic N) is 3. The van der Waals surface area contributed by atoms with Gasteiger partial charge in [-0.05, 0) is 57.7 Å². The number of Topliss-reactive ketones (excluding diaryl/α,β-unsaturated/α-hetero) is 1. The predicted molar refractivity (Wildman–Crippen MR) is 114 cm³/mol. The standard InChI is InChI=1S/C23H27N3O4/c1-4-30-18-10-5-8-16(14-18)21(27)19-20(17-9-6-11-24-15-17)26(23(29)22(19)28)13-7-12-25(2)3/h5-6,8-11,14-15,20,27H,4,7,12-13H2,1-3H3. The fourth-order valence-electron chi connectivity index (χ4n) is 3.61. The first kappa shape index (κ1) is 21.5. The molecule has 1 aliphatic rings. The summed E-state index contributed by atoms with van der Waals surface area (Å²) < 4.78 is 5.50. The average Bonchev–Trinajstić information content (AvgIpc) is 2.99. The van der Waals surface area contributed by atoms with Gasteiger partial charge in [0, 0.05) is 24.5 Å². The fraction of sp³-hybridized carbons (Fsp3) is 0.348. The van der Waals surface area contributed by atoms with E-state index in [1.807, 2.05) is 32.0 Å². The normalized spacial score (nSPS) is 18.3. The molecule has 30 heavy (non-hydrogen) atoms. The molecule has 2 aromatic rings. The smallest absolute Gasteiger partial charge is 0.295 e. The van der Waals surface area contributed by atoms with Crippen molar-refractivity contribution in [3.63, 3.8) is 0 Å². The molecule has 2 heterocycles. The van der Waals surface area contributed by atoms with E-state index in [-0.39, 0.29) is 11.3 Å². The molecular weight excluding hydrogens is 382 g/mol. The third-order valence-electron chi connectivity index (χ3n) is 4.96. The van der Waals surface area contributed by atoms with Crippen LogP contribution in [0.4, 0.5) is 0 Å². The molecule has 7 nitrogen and oxygen atoms in total. The predicted octanol–water partition coefficient (Wildman–Crippen LogP) is 2.85. The summed E-state index contributed by atoms with van der Waals surface area (Å²) in [5, 5.41) is 11.1. The van der Waals surface area contributed by atoms with Crippen LogP contribution >= 0.6 is 0 Å². The molecule has 0 bridgehead atoms. The molecule has 0 aliphatic carbocycles. The Bertz CT molecular complexity index is 940. The maximum atomic E-state index is 13.0. The highest BCUT2D eigenvalue weighted by Crippen LogP contribution is 2.39. The van der Waals surface area contributed by atoms with Crippen LogP contribution in [0.5, 0.6) is 5.75 Å². The molecule has 0 spiro atoms. The van der Waals surface area contributed by atoms with Crippen molar-refractivity contribution < 1.29 is 19.4 Å². The van der Waals surface area contributed by atoms with Crippen LogP contribution in [0.15, 0.2) is 54.4 Å². The van der Waals surface area contributed by atoms with Gasteiger partial charge in [-0.15, -0.1) is 0 Å². The minimum absolute atomic E-state index is 0.0755. The number of aromatic nitrogens is 1. The highest BCUT2D eigenvalue weighted by molar-refractivity contribution is 6.46. The van der Waals surface area contributed by atoms with E-state index in [0.29, 0.717) is 36.4 Å². The molecule has 1 atom stereocenters. The zero-order valence-corrected chi connectivity index (χ0v) is 17.5. The monoisotopic (exact) mass is 409 g/mol. The van der Waals surface area contributed by atoms with Gasteiger partial charge in [-0.3, -0.25) is 14.6 Å². The number of ether oxygens (including phenoxy) is 1. The average molecular weight is 409 g/mol. The van der Waals surface area contributed by atoms with E-state index >= 15 is 0 Å². The summed E-state index contributed by atoms with van der Waals surface area (Å²) in [5.74, 6) is -0.920. The molecule has 3 rings (SSSR count). The van der Waals surface area contributed by atoms with Crippen molar-refractivity contribution in [2.75, 3.05) is 33.8 Å². The van der Waals surface area contributed by atoms with E-state index in [4.69, 9.17) is 4.74 Å². The highest BCUT2D eigenvalue weighted by atomic mass is 16.5. The Labute approximate surface area is 176 Å². The molecule has 158 valence electrons. The topological polar surface area (TPSA) is 83.0 Å². The summed E-state index contributed by atoms with van der Waals surface area (Å²) in [4.78, 5) is 33.5. The number of aliphatic hydroxyl groups is 1. The number of rotatable bonds is 8. The van der Waals surface area contributed by atoms with Crippen LogP contribution in [-0.4, -0.2) is 65.4 Å². The summed E-state index contributed by atoms with van der Waals surface area (Å²) >= 11 is 0. The van der Waals surface area contributed by atoms with Crippen LogP contribution in [0.2, 0.25) is 0 Å². The molecule has 1 aromatic carbocycles. The lowest BCUT2D eigenvalue weighted by molar-refractivity contribution is -0.139. The van der Waals surface area contributed by atoms with E-state index < -0.39 is 17.7 Å². The Morgan fingerprint density at radius 2 is 2.03 bits per heavy atom. The SMILES string of the molecule is CCOc1cccc(C(O)=C2C(=O)C(=O)N(CCCN(C)C)C2c2cccnc2)c1. The second kappa shape index (κ2) is 9.54. The molecule has 1 aliphatic heterocycles. The Morgan fingerprint density at radius 1 is 1.23 bits per heavy atom. The van der Waals surface area contributed by atoms with Crippen molar-refractivity contribution in [3.8, 4) is 5.75 Å². The number of likely N-dealkylation sites (tertiary alicyclic amines) is 1. The number of amides is 1. The van der Waals surface area contributed by atoms with Gasteiger partial charge in [-0.2, -0.15) is 0 Å².